The van der Waals surface area contributed by atoms with E-state index in [0.717, 1.165) is 36.4 Å². The second-order valence-corrected chi connectivity index (χ2v) is 7.31. The number of ether oxygens (including phenoxy) is 3. The van der Waals surface area contributed by atoms with Crippen LogP contribution in [0.1, 0.15) is 41.7 Å². The molecule has 0 aliphatic carbocycles. The van der Waals surface area contributed by atoms with Crippen LogP contribution < -0.4 is 14.2 Å². The number of hydrogen-bond acceptors (Lipinski definition) is 6. The van der Waals surface area contributed by atoms with Crippen molar-refractivity contribution in [2.45, 2.75) is 31.9 Å². The predicted octanol–water partition coefficient (Wildman–Crippen LogP) is 3.48. The van der Waals surface area contributed by atoms with Crippen molar-refractivity contribution < 1.29 is 24.1 Å². The molecule has 3 rings (SSSR count). The van der Waals surface area contributed by atoms with Crippen molar-refractivity contribution in [2.24, 2.45) is 0 Å². The van der Waals surface area contributed by atoms with Crippen molar-refractivity contribution in [1.82, 2.24) is 4.90 Å². The summed E-state index contributed by atoms with van der Waals surface area (Å²) in [6, 6.07) is 13.1. The largest absolute Gasteiger partial charge is 0.497 e. The zero-order valence-electron chi connectivity index (χ0n) is 17.3. The lowest BCUT2D eigenvalue weighted by Crippen LogP contribution is -2.35. The van der Waals surface area contributed by atoms with Crippen LogP contribution >= 0.6 is 0 Å². The minimum Gasteiger partial charge on any atom is -0.497 e. The van der Waals surface area contributed by atoms with E-state index < -0.39 is 6.10 Å². The molecule has 1 fully saturated rings. The molecular weight excluding hydrogens is 370 g/mol. The van der Waals surface area contributed by atoms with Crippen LogP contribution in [-0.4, -0.2) is 55.8 Å². The van der Waals surface area contributed by atoms with E-state index in [9.17, 15) is 9.90 Å². The van der Waals surface area contributed by atoms with Crippen molar-refractivity contribution >= 4 is 5.78 Å². The molecule has 0 saturated carbocycles. The average molecular weight is 399 g/mol. The molecular formula is C23H29NO5. The Morgan fingerprint density at radius 2 is 1.86 bits per heavy atom. The summed E-state index contributed by atoms with van der Waals surface area (Å²) in [5.41, 5.74) is 1.75. The van der Waals surface area contributed by atoms with Crippen LogP contribution in [-0.2, 0) is 0 Å². The number of aliphatic hydroxyl groups excluding tert-OH is 1. The number of likely N-dealkylation sites (tertiary alicyclic amines) is 1. The van der Waals surface area contributed by atoms with Gasteiger partial charge in [0.2, 0.25) is 0 Å². The number of carbonyl (C=O) groups excluding carboxylic acids is 1. The topological polar surface area (TPSA) is 68.2 Å². The zero-order chi connectivity index (χ0) is 20.8. The lowest BCUT2D eigenvalue weighted by atomic mass is 10.0. The van der Waals surface area contributed by atoms with Gasteiger partial charge in [0.25, 0.3) is 0 Å². The number of hydrogen-bond donors (Lipinski definition) is 1. The molecule has 0 bridgehead atoms. The maximum absolute atomic E-state index is 11.3. The van der Waals surface area contributed by atoms with E-state index in [-0.39, 0.29) is 18.4 Å². The van der Waals surface area contributed by atoms with Crippen molar-refractivity contribution in [2.75, 3.05) is 33.9 Å². The molecule has 2 atom stereocenters. The molecule has 29 heavy (non-hydrogen) atoms. The Bertz CT molecular complexity index is 821. The first-order chi connectivity index (χ1) is 14.0. The Hall–Kier alpha value is -2.57. The van der Waals surface area contributed by atoms with Crippen molar-refractivity contribution in [3.63, 3.8) is 0 Å². The van der Waals surface area contributed by atoms with Crippen LogP contribution in [0.4, 0.5) is 0 Å². The summed E-state index contributed by atoms with van der Waals surface area (Å²) in [6.45, 7) is 3.17. The predicted molar refractivity (Wildman–Crippen MR) is 111 cm³/mol. The Morgan fingerprint density at radius 1 is 1.14 bits per heavy atom. The number of nitrogens with zero attached hydrogens (tertiary/aromatic N) is 1. The Labute approximate surface area is 172 Å². The van der Waals surface area contributed by atoms with Gasteiger partial charge >= 0.3 is 0 Å². The highest BCUT2D eigenvalue weighted by molar-refractivity contribution is 5.94. The first-order valence-corrected chi connectivity index (χ1v) is 9.89. The maximum atomic E-state index is 11.3. The molecule has 0 unspecified atom stereocenters. The van der Waals surface area contributed by atoms with Gasteiger partial charge in [-0.25, -0.2) is 0 Å². The van der Waals surface area contributed by atoms with Gasteiger partial charge in [-0.2, -0.15) is 0 Å². The Kier molecular flexibility index (Phi) is 7.12. The molecule has 1 saturated heterocycles. The van der Waals surface area contributed by atoms with E-state index in [0.29, 0.717) is 17.9 Å². The third kappa shape index (κ3) is 5.28. The Balaban J connectivity index is 1.59. The van der Waals surface area contributed by atoms with Crippen LogP contribution in [0.25, 0.3) is 0 Å². The molecule has 1 aliphatic heterocycles. The van der Waals surface area contributed by atoms with Gasteiger partial charge in [-0.1, -0.05) is 6.07 Å². The van der Waals surface area contributed by atoms with E-state index in [2.05, 4.69) is 4.90 Å². The number of benzene rings is 2. The molecule has 156 valence electrons. The highest BCUT2D eigenvalue weighted by atomic mass is 16.5. The molecule has 2 aromatic carbocycles. The van der Waals surface area contributed by atoms with Gasteiger partial charge in [0.15, 0.2) is 5.78 Å². The number of rotatable bonds is 9. The quantitative estimate of drug-likeness (QED) is 0.651. The molecule has 0 spiro atoms. The molecule has 1 N–H and O–H groups in total. The van der Waals surface area contributed by atoms with Gasteiger partial charge in [0.1, 0.15) is 30.0 Å². The van der Waals surface area contributed by atoms with Crippen LogP contribution in [0.5, 0.6) is 17.2 Å². The molecule has 6 nitrogen and oxygen atoms in total. The van der Waals surface area contributed by atoms with E-state index in [1.54, 1.807) is 38.5 Å². The van der Waals surface area contributed by atoms with Crippen molar-refractivity contribution in [3.05, 3.63) is 53.6 Å². The summed E-state index contributed by atoms with van der Waals surface area (Å²) in [5.74, 6) is 2.23. The summed E-state index contributed by atoms with van der Waals surface area (Å²) in [4.78, 5) is 13.6. The highest BCUT2D eigenvalue weighted by Gasteiger charge is 2.30. The van der Waals surface area contributed by atoms with E-state index in [1.165, 1.54) is 6.92 Å². The molecule has 6 heteroatoms. The summed E-state index contributed by atoms with van der Waals surface area (Å²) in [7, 11) is 3.30. The number of methoxy groups -OCH3 is 2. The number of β-amino-alcohol motifs (C(OH)–C–C–N with tert-alkyl or cyclic N) is 1. The fourth-order valence-electron chi connectivity index (χ4n) is 3.79. The summed E-state index contributed by atoms with van der Waals surface area (Å²) in [6.07, 6.45) is 1.47. The number of carbonyl (C=O) groups is 1. The molecule has 0 amide bonds. The minimum atomic E-state index is -0.618. The smallest absolute Gasteiger partial charge is 0.159 e. The van der Waals surface area contributed by atoms with Gasteiger partial charge in [-0.15, -0.1) is 0 Å². The highest BCUT2D eigenvalue weighted by Crippen LogP contribution is 2.38. The summed E-state index contributed by atoms with van der Waals surface area (Å²) < 4.78 is 16.6. The third-order valence-electron chi connectivity index (χ3n) is 5.31. The number of aliphatic hydroxyl groups is 1. The normalized spacial score (nSPS) is 17.7. The second kappa shape index (κ2) is 9.76. The molecule has 0 radical (unpaired) electrons. The molecule has 2 aromatic rings. The SMILES string of the molecule is COc1ccc([C@@H]2CCCN2C[C@H](O)COc2ccc(C(C)=O)cc2)c(OC)c1. The Morgan fingerprint density at radius 3 is 2.52 bits per heavy atom. The lowest BCUT2D eigenvalue weighted by molar-refractivity contribution is 0.0635. The molecule has 0 aromatic heterocycles. The van der Waals surface area contributed by atoms with Gasteiger partial charge in [0.05, 0.1) is 14.2 Å². The van der Waals surface area contributed by atoms with Gasteiger partial charge in [-0.05, 0) is 56.6 Å². The second-order valence-electron chi connectivity index (χ2n) is 7.31. The van der Waals surface area contributed by atoms with Crippen LogP contribution in [0.15, 0.2) is 42.5 Å². The third-order valence-corrected chi connectivity index (χ3v) is 5.31. The van der Waals surface area contributed by atoms with Gasteiger partial charge in [-0.3, -0.25) is 9.69 Å². The van der Waals surface area contributed by atoms with E-state index in [4.69, 9.17) is 14.2 Å². The minimum absolute atomic E-state index is 0.0191. The van der Waals surface area contributed by atoms with Crippen LogP contribution in [0.3, 0.4) is 0 Å². The first-order valence-electron chi connectivity index (χ1n) is 9.89. The number of Topliss-reactive ketones (excluding diaryl/α,β-unsaturated/α-hetero) is 1. The monoisotopic (exact) mass is 399 g/mol. The first kappa shape index (κ1) is 21.1. The van der Waals surface area contributed by atoms with Crippen molar-refractivity contribution in [3.8, 4) is 17.2 Å². The van der Waals surface area contributed by atoms with E-state index in [1.807, 2.05) is 18.2 Å². The van der Waals surface area contributed by atoms with Gasteiger partial charge in [0, 0.05) is 29.8 Å². The molecule has 1 aliphatic rings. The van der Waals surface area contributed by atoms with Crippen LogP contribution in [0, 0.1) is 0 Å². The summed E-state index contributed by atoms with van der Waals surface area (Å²) >= 11 is 0. The fraction of sp³-hybridized carbons (Fsp3) is 0.435. The van der Waals surface area contributed by atoms with Gasteiger partial charge < -0.3 is 19.3 Å². The maximum Gasteiger partial charge on any atom is 0.159 e. The fourth-order valence-corrected chi connectivity index (χ4v) is 3.79. The van der Waals surface area contributed by atoms with Crippen molar-refractivity contribution in [1.29, 1.82) is 0 Å². The summed E-state index contributed by atoms with van der Waals surface area (Å²) in [5, 5.41) is 10.5. The lowest BCUT2D eigenvalue weighted by Gasteiger charge is -2.28. The standard InChI is InChI=1S/C23H29NO5/c1-16(25)17-6-8-19(9-7-17)29-15-18(26)14-24-12-4-5-22(24)21-11-10-20(27-2)13-23(21)28-3/h6-11,13,18,22,26H,4-5,12,14-15H2,1-3H3/t18-,22-/m0/s1. The van der Waals surface area contributed by atoms with Crippen LogP contribution in [0.2, 0.25) is 0 Å². The zero-order valence-corrected chi connectivity index (χ0v) is 17.3. The molecule has 1 heterocycles. The number of ketones is 1. The van der Waals surface area contributed by atoms with E-state index >= 15 is 0 Å². The average Bonchev–Trinajstić information content (AvgIpc) is 3.19.